The van der Waals surface area contributed by atoms with Crippen LogP contribution in [0.25, 0.3) is 55.1 Å². The van der Waals surface area contributed by atoms with E-state index in [-0.39, 0.29) is 11.3 Å². The fourth-order valence-electron chi connectivity index (χ4n) is 8.69. The van der Waals surface area contributed by atoms with Crippen LogP contribution >= 0.6 is 0 Å². The number of aromatic nitrogens is 1. The summed E-state index contributed by atoms with van der Waals surface area (Å²) in [5.74, 6) is 0.546. The van der Waals surface area contributed by atoms with E-state index >= 15 is 0 Å². The van der Waals surface area contributed by atoms with Gasteiger partial charge in [0.1, 0.15) is 0 Å². The van der Waals surface area contributed by atoms with Crippen molar-refractivity contribution in [3.05, 3.63) is 173 Å². The highest BCUT2D eigenvalue weighted by atomic mass is 14.7. The van der Waals surface area contributed by atoms with E-state index in [1.54, 1.807) is 0 Å². The highest BCUT2D eigenvalue weighted by molar-refractivity contribution is 6.08. The lowest BCUT2D eigenvalue weighted by atomic mass is 9.64. The summed E-state index contributed by atoms with van der Waals surface area (Å²) in [6.07, 6.45) is 4.02. The van der Waals surface area contributed by atoms with Gasteiger partial charge in [-0.25, -0.2) is 0 Å². The third-order valence-electron chi connectivity index (χ3n) is 11.1. The van der Waals surface area contributed by atoms with Crippen LogP contribution in [-0.2, 0) is 11.8 Å². The molecule has 0 N–H and O–H groups in total. The van der Waals surface area contributed by atoms with Crippen LogP contribution in [0.15, 0.2) is 140 Å². The third kappa shape index (κ3) is 5.03. The number of nitrogens with zero attached hydrogens (tertiary/aromatic N) is 1. The maximum atomic E-state index is 4.62. The van der Waals surface area contributed by atoms with Crippen molar-refractivity contribution in [2.75, 3.05) is 0 Å². The maximum absolute atomic E-state index is 4.62. The zero-order chi connectivity index (χ0) is 33.3. The maximum Gasteiger partial charge on any atom is 0.0701 e. The molecule has 1 heterocycles. The Morgan fingerprint density at radius 2 is 1.33 bits per heavy atom. The van der Waals surface area contributed by atoms with E-state index in [1.807, 2.05) is 12.3 Å². The van der Waals surface area contributed by atoms with Gasteiger partial charge in [-0.1, -0.05) is 143 Å². The van der Waals surface area contributed by atoms with E-state index < -0.39 is 0 Å². The quantitative estimate of drug-likeness (QED) is 0.188. The molecule has 1 aromatic heterocycles. The van der Waals surface area contributed by atoms with Crippen molar-refractivity contribution in [1.29, 1.82) is 0 Å². The zero-order valence-electron chi connectivity index (χ0n) is 28.8. The number of hydrogen-bond donors (Lipinski definition) is 0. The summed E-state index contributed by atoms with van der Waals surface area (Å²) in [5.41, 5.74) is 16.5. The van der Waals surface area contributed by atoms with Crippen molar-refractivity contribution in [2.24, 2.45) is 5.92 Å². The molecule has 1 nitrogen and oxygen atoms in total. The summed E-state index contributed by atoms with van der Waals surface area (Å²) in [5, 5.41) is 5.40. The third-order valence-corrected chi connectivity index (χ3v) is 11.1. The number of pyridine rings is 1. The normalized spacial score (nSPS) is 17.1. The van der Waals surface area contributed by atoms with Gasteiger partial charge in [-0.2, -0.15) is 0 Å². The molecule has 1 unspecified atom stereocenters. The molecular weight excluding hydrogens is 591 g/mol. The topological polar surface area (TPSA) is 12.9 Å². The molecule has 7 aromatic rings. The number of fused-ring (bicyclic) bond motifs is 1. The summed E-state index contributed by atoms with van der Waals surface area (Å²) < 4.78 is 0. The minimum absolute atomic E-state index is 0.109. The van der Waals surface area contributed by atoms with Gasteiger partial charge < -0.3 is 0 Å². The van der Waals surface area contributed by atoms with Crippen LogP contribution in [0.1, 0.15) is 73.4 Å². The summed E-state index contributed by atoms with van der Waals surface area (Å²) >= 11 is 0. The van der Waals surface area contributed by atoms with Crippen molar-refractivity contribution in [2.45, 2.75) is 51.9 Å². The van der Waals surface area contributed by atoms with Gasteiger partial charge in [-0.15, -0.1) is 0 Å². The molecule has 0 saturated carbocycles. The first-order valence-corrected chi connectivity index (χ1v) is 17.8. The number of rotatable bonds is 4. The standard InChI is InChI=1S/C48H41N/c1-30-44(33-18-16-32(17-19-33)43-14-7-8-25-49-43)41-23-21-38-28-40(48(2,3)4)29-39-22-24-42(47(41)46(38)39)45(30)37-13-9-12-35(27-37)36-20-15-31-10-5-6-11-34(31)26-36/h5-20,22,24-30,45H,21,23H2,1-4H3/t30-,45?/m1/s1. The Balaban J connectivity index is 1.24. The molecule has 2 atom stereocenters. The Bertz CT molecular complexity index is 2420. The largest absolute Gasteiger partial charge is 0.256 e. The predicted octanol–water partition coefficient (Wildman–Crippen LogP) is 12.7. The first-order valence-electron chi connectivity index (χ1n) is 17.8. The molecule has 0 spiro atoms. The minimum atomic E-state index is 0.109. The Hall–Kier alpha value is -5.27. The van der Waals surface area contributed by atoms with Crippen LogP contribution in [0.2, 0.25) is 0 Å². The highest BCUT2D eigenvalue weighted by Gasteiger charge is 2.37. The van der Waals surface area contributed by atoms with Gasteiger partial charge in [0.05, 0.1) is 5.69 Å². The molecule has 2 aliphatic rings. The average molecular weight is 632 g/mol. The lowest BCUT2D eigenvalue weighted by molar-refractivity contribution is 0.590. The van der Waals surface area contributed by atoms with Gasteiger partial charge in [0.15, 0.2) is 0 Å². The molecule has 0 bridgehead atoms. The van der Waals surface area contributed by atoms with Crippen LogP contribution < -0.4 is 0 Å². The lowest BCUT2D eigenvalue weighted by Crippen LogP contribution is -2.23. The number of aryl methyl sites for hydroxylation is 1. The van der Waals surface area contributed by atoms with Crippen LogP contribution in [0.4, 0.5) is 0 Å². The second kappa shape index (κ2) is 11.4. The molecule has 0 radical (unpaired) electrons. The van der Waals surface area contributed by atoms with E-state index in [1.165, 1.54) is 77.2 Å². The van der Waals surface area contributed by atoms with Crippen molar-refractivity contribution in [1.82, 2.24) is 4.98 Å². The highest BCUT2D eigenvalue weighted by Crippen LogP contribution is 2.55. The molecule has 2 aliphatic carbocycles. The average Bonchev–Trinajstić information content (AvgIpc) is 3.13. The molecule has 0 saturated heterocycles. The van der Waals surface area contributed by atoms with E-state index in [2.05, 4.69) is 160 Å². The van der Waals surface area contributed by atoms with E-state index in [9.17, 15) is 0 Å². The second-order valence-corrected chi connectivity index (χ2v) is 15.2. The molecule has 0 fully saturated rings. The predicted molar refractivity (Wildman–Crippen MR) is 208 cm³/mol. The fraction of sp³-hybridized carbons (Fsp3) is 0.188. The first-order chi connectivity index (χ1) is 23.8. The SMILES string of the molecule is C[C@@H]1C(c2ccc(-c3ccccn3)cc2)=C2CCc3cc(C(C)(C)C)cc4ccc(c2c34)C1c1cccc(-c2ccc3ccccc3c2)c1. The Kier molecular flexibility index (Phi) is 6.95. The number of benzene rings is 6. The van der Waals surface area contributed by atoms with Crippen molar-refractivity contribution in [3.8, 4) is 22.4 Å². The monoisotopic (exact) mass is 631 g/mol. The number of allylic oxidation sites excluding steroid dienone is 2. The Labute approximate surface area is 290 Å². The summed E-state index contributed by atoms with van der Waals surface area (Å²) in [6, 6.07) is 50.1. The van der Waals surface area contributed by atoms with Crippen LogP contribution in [0.3, 0.4) is 0 Å². The van der Waals surface area contributed by atoms with Crippen LogP contribution in [0.5, 0.6) is 0 Å². The molecule has 1 heteroatoms. The van der Waals surface area contributed by atoms with Crippen LogP contribution in [-0.4, -0.2) is 4.98 Å². The van der Waals surface area contributed by atoms with Gasteiger partial charge in [-0.05, 0) is 120 Å². The number of hydrogen-bond acceptors (Lipinski definition) is 1. The van der Waals surface area contributed by atoms with Crippen molar-refractivity contribution < 1.29 is 0 Å². The van der Waals surface area contributed by atoms with Gasteiger partial charge in [0, 0.05) is 17.7 Å². The fourth-order valence-corrected chi connectivity index (χ4v) is 8.69. The van der Waals surface area contributed by atoms with E-state index in [0.717, 1.165) is 24.1 Å². The molecular formula is C48H41N. The first kappa shape index (κ1) is 29.8. The summed E-state index contributed by atoms with van der Waals surface area (Å²) in [7, 11) is 0. The van der Waals surface area contributed by atoms with Gasteiger partial charge >= 0.3 is 0 Å². The van der Waals surface area contributed by atoms with Gasteiger partial charge in [0.25, 0.3) is 0 Å². The molecule has 9 rings (SSSR count). The van der Waals surface area contributed by atoms with Crippen molar-refractivity contribution >= 4 is 32.7 Å². The smallest absolute Gasteiger partial charge is 0.0701 e. The van der Waals surface area contributed by atoms with Crippen molar-refractivity contribution in [3.63, 3.8) is 0 Å². The van der Waals surface area contributed by atoms with E-state index in [0.29, 0.717) is 5.92 Å². The molecule has 238 valence electrons. The zero-order valence-corrected chi connectivity index (χ0v) is 28.8. The molecule has 49 heavy (non-hydrogen) atoms. The molecule has 0 amide bonds. The van der Waals surface area contributed by atoms with E-state index in [4.69, 9.17) is 0 Å². The molecule has 0 aliphatic heterocycles. The summed E-state index contributed by atoms with van der Waals surface area (Å²) in [6.45, 7) is 9.47. The van der Waals surface area contributed by atoms with Gasteiger partial charge in [-0.3, -0.25) is 4.98 Å². The summed E-state index contributed by atoms with van der Waals surface area (Å²) in [4.78, 5) is 4.62. The minimum Gasteiger partial charge on any atom is -0.256 e. The Morgan fingerprint density at radius 1 is 0.592 bits per heavy atom. The Morgan fingerprint density at radius 3 is 2.12 bits per heavy atom. The molecule has 6 aromatic carbocycles. The van der Waals surface area contributed by atoms with Crippen LogP contribution in [0, 0.1) is 5.92 Å². The second-order valence-electron chi connectivity index (χ2n) is 15.2. The lowest BCUT2D eigenvalue weighted by Gasteiger charge is -2.39. The van der Waals surface area contributed by atoms with Gasteiger partial charge in [0.2, 0.25) is 0 Å².